The van der Waals surface area contributed by atoms with Crippen molar-refractivity contribution >= 4 is 11.6 Å². The molecule has 0 radical (unpaired) electrons. The van der Waals surface area contributed by atoms with Crippen LogP contribution in [0.25, 0.3) is 0 Å². The SMILES string of the molecule is CCO/C(C)=N/N=C(\C)c1ccccc1. The standard InChI is InChI=1S/C12H16N2O/c1-4-15-11(3)14-13-10(2)12-8-6-5-7-9-12/h5-9H,4H2,1-3H3/b13-10+,14-11+. The first-order valence-electron chi connectivity index (χ1n) is 5.01. The molecular weight excluding hydrogens is 188 g/mol. The minimum atomic E-state index is 0.591. The summed E-state index contributed by atoms with van der Waals surface area (Å²) in [6.45, 7) is 6.27. The molecule has 1 rings (SSSR count). The number of nitrogens with zero attached hydrogens (tertiary/aromatic N) is 2. The Labute approximate surface area is 90.5 Å². The minimum absolute atomic E-state index is 0.591. The quantitative estimate of drug-likeness (QED) is 0.423. The number of ether oxygens (including phenoxy) is 1. The van der Waals surface area contributed by atoms with Crippen LogP contribution in [0.4, 0.5) is 0 Å². The van der Waals surface area contributed by atoms with Crippen LogP contribution >= 0.6 is 0 Å². The van der Waals surface area contributed by atoms with E-state index >= 15 is 0 Å². The Morgan fingerprint density at radius 3 is 2.40 bits per heavy atom. The lowest BCUT2D eigenvalue weighted by Gasteiger charge is -1.99. The van der Waals surface area contributed by atoms with Crippen LogP contribution in [0.5, 0.6) is 0 Å². The Morgan fingerprint density at radius 2 is 1.80 bits per heavy atom. The van der Waals surface area contributed by atoms with E-state index in [0.717, 1.165) is 11.3 Å². The number of benzene rings is 1. The lowest BCUT2D eigenvalue weighted by molar-refractivity contribution is 0.323. The highest BCUT2D eigenvalue weighted by atomic mass is 16.5. The lowest BCUT2D eigenvalue weighted by Crippen LogP contribution is -1.99. The Kier molecular flexibility index (Phi) is 4.54. The van der Waals surface area contributed by atoms with E-state index in [4.69, 9.17) is 4.74 Å². The number of hydrogen-bond donors (Lipinski definition) is 0. The van der Waals surface area contributed by atoms with Gasteiger partial charge in [0.1, 0.15) is 0 Å². The molecule has 0 heterocycles. The van der Waals surface area contributed by atoms with Gasteiger partial charge in [0.25, 0.3) is 0 Å². The van der Waals surface area contributed by atoms with Gasteiger partial charge in [-0.1, -0.05) is 30.3 Å². The molecular formula is C12H16N2O. The third-order valence-electron chi connectivity index (χ3n) is 1.89. The Morgan fingerprint density at radius 1 is 1.13 bits per heavy atom. The fourth-order valence-corrected chi connectivity index (χ4v) is 1.12. The number of rotatable bonds is 3. The van der Waals surface area contributed by atoms with Crippen LogP contribution in [0.3, 0.4) is 0 Å². The summed E-state index contributed by atoms with van der Waals surface area (Å²) in [5.74, 6) is 0.591. The molecule has 1 aromatic rings. The van der Waals surface area contributed by atoms with Crippen LogP contribution in [0, 0.1) is 0 Å². The highest BCUT2D eigenvalue weighted by Crippen LogP contribution is 2.01. The third kappa shape index (κ3) is 3.94. The molecule has 0 unspecified atom stereocenters. The molecule has 0 bridgehead atoms. The van der Waals surface area contributed by atoms with E-state index < -0.39 is 0 Å². The number of hydrogen-bond acceptors (Lipinski definition) is 3. The molecule has 0 aromatic heterocycles. The summed E-state index contributed by atoms with van der Waals surface area (Å²) in [6.07, 6.45) is 0. The molecule has 0 amide bonds. The van der Waals surface area contributed by atoms with E-state index in [0.29, 0.717) is 12.5 Å². The molecule has 3 nitrogen and oxygen atoms in total. The first-order valence-corrected chi connectivity index (χ1v) is 5.01. The highest BCUT2D eigenvalue weighted by Gasteiger charge is 1.94. The fourth-order valence-electron chi connectivity index (χ4n) is 1.12. The zero-order chi connectivity index (χ0) is 11.1. The van der Waals surface area contributed by atoms with Crippen molar-refractivity contribution in [2.45, 2.75) is 20.8 Å². The van der Waals surface area contributed by atoms with E-state index in [9.17, 15) is 0 Å². The topological polar surface area (TPSA) is 34.0 Å². The van der Waals surface area contributed by atoms with Crippen LogP contribution in [0.1, 0.15) is 26.3 Å². The summed E-state index contributed by atoms with van der Waals surface area (Å²) in [5.41, 5.74) is 1.96. The average Bonchev–Trinajstić information content (AvgIpc) is 2.27. The summed E-state index contributed by atoms with van der Waals surface area (Å²) in [7, 11) is 0. The molecule has 0 saturated carbocycles. The van der Waals surface area contributed by atoms with E-state index in [1.54, 1.807) is 6.92 Å². The van der Waals surface area contributed by atoms with Crippen LogP contribution in [-0.4, -0.2) is 18.2 Å². The summed E-state index contributed by atoms with van der Waals surface area (Å²) in [5, 5.41) is 8.07. The molecule has 0 aliphatic carbocycles. The predicted molar refractivity (Wildman–Crippen MR) is 63.4 cm³/mol. The van der Waals surface area contributed by atoms with E-state index in [1.807, 2.05) is 44.2 Å². The zero-order valence-corrected chi connectivity index (χ0v) is 9.40. The molecule has 0 aliphatic rings. The largest absolute Gasteiger partial charge is 0.480 e. The van der Waals surface area contributed by atoms with Gasteiger partial charge >= 0.3 is 0 Å². The maximum Gasteiger partial charge on any atom is 0.205 e. The van der Waals surface area contributed by atoms with Gasteiger partial charge < -0.3 is 4.74 Å². The Hall–Kier alpha value is -1.64. The summed E-state index contributed by atoms with van der Waals surface area (Å²) < 4.78 is 5.17. The van der Waals surface area contributed by atoms with Crippen molar-refractivity contribution in [3.63, 3.8) is 0 Å². The molecule has 80 valence electrons. The summed E-state index contributed by atoms with van der Waals surface area (Å²) in [4.78, 5) is 0. The van der Waals surface area contributed by atoms with Crippen LogP contribution in [0.15, 0.2) is 40.5 Å². The van der Waals surface area contributed by atoms with Crippen molar-refractivity contribution in [2.75, 3.05) is 6.61 Å². The molecule has 15 heavy (non-hydrogen) atoms. The van der Waals surface area contributed by atoms with E-state index in [1.165, 1.54) is 0 Å². The smallest absolute Gasteiger partial charge is 0.205 e. The van der Waals surface area contributed by atoms with Crippen molar-refractivity contribution in [2.24, 2.45) is 10.2 Å². The molecule has 0 spiro atoms. The van der Waals surface area contributed by atoms with Crippen molar-refractivity contribution < 1.29 is 4.74 Å². The molecule has 0 N–H and O–H groups in total. The molecule has 0 saturated heterocycles. The third-order valence-corrected chi connectivity index (χ3v) is 1.89. The normalized spacial score (nSPS) is 12.7. The molecule has 0 aliphatic heterocycles. The monoisotopic (exact) mass is 204 g/mol. The van der Waals surface area contributed by atoms with Gasteiger partial charge in [0, 0.05) is 6.92 Å². The van der Waals surface area contributed by atoms with Crippen molar-refractivity contribution in [3.8, 4) is 0 Å². The lowest BCUT2D eigenvalue weighted by atomic mass is 10.1. The molecule has 0 atom stereocenters. The van der Waals surface area contributed by atoms with Crippen LogP contribution in [0.2, 0.25) is 0 Å². The van der Waals surface area contributed by atoms with Gasteiger partial charge in [0.15, 0.2) is 0 Å². The second-order valence-electron chi connectivity index (χ2n) is 3.10. The van der Waals surface area contributed by atoms with Crippen molar-refractivity contribution in [3.05, 3.63) is 35.9 Å². The van der Waals surface area contributed by atoms with Crippen molar-refractivity contribution in [1.82, 2.24) is 0 Å². The van der Waals surface area contributed by atoms with Gasteiger partial charge in [-0.3, -0.25) is 0 Å². The maximum absolute atomic E-state index is 5.17. The second-order valence-corrected chi connectivity index (χ2v) is 3.10. The van der Waals surface area contributed by atoms with Gasteiger partial charge in [-0.15, -0.1) is 5.10 Å². The first-order chi connectivity index (χ1) is 7.24. The average molecular weight is 204 g/mol. The van der Waals surface area contributed by atoms with Gasteiger partial charge in [0.05, 0.1) is 12.3 Å². The predicted octanol–water partition coefficient (Wildman–Crippen LogP) is 2.87. The Balaban J connectivity index is 2.73. The van der Waals surface area contributed by atoms with Gasteiger partial charge in [-0.05, 0) is 19.4 Å². The Bertz CT molecular complexity index is 355. The van der Waals surface area contributed by atoms with Gasteiger partial charge in [-0.2, -0.15) is 5.10 Å². The molecule has 0 fully saturated rings. The van der Waals surface area contributed by atoms with Crippen LogP contribution < -0.4 is 0 Å². The van der Waals surface area contributed by atoms with Crippen molar-refractivity contribution in [1.29, 1.82) is 0 Å². The summed E-state index contributed by atoms with van der Waals surface area (Å²) >= 11 is 0. The minimum Gasteiger partial charge on any atom is -0.480 e. The second kappa shape index (κ2) is 5.96. The van der Waals surface area contributed by atoms with E-state index in [2.05, 4.69) is 10.2 Å². The fraction of sp³-hybridized carbons (Fsp3) is 0.333. The first kappa shape index (κ1) is 11.4. The molecule has 1 aromatic carbocycles. The zero-order valence-electron chi connectivity index (χ0n) is 9.40. The van der Waals surface area contributed by atoms with E-state index in [-0.39, 0.29) is 0 Å². The highest BCUT2D eigenvalue weighted by molar-refractivity contribution is 5.98. The van der Waals surface area contributed by atoms with Gasteiger partial charge in [-0.25, -0.2) is 0 Å². The van der Waals surface area contributed by atoms with Crippen LogP contribution in [-0.2, 0) is 4.74 Å². The maximum atomic E-state index is 5.17. The summed E-state index contributed by atoms with van der Waals surface area (Å²) in [6, 6.07) is 9.95. The van der Waals surface area contributed by atoms with Gasteiger partial charge in [0.2, 0.25) is 5.90 Å². The molecule has 3 heteroatoms.